The predicted molar refractivity (Wildman–Crippen MR) is 90.1 cm³/mol. The minimum absolute atomic E-state index is 0.0298. The number of carbonyl (C=O) groups excluding carboxylic acids is 2. The number of anilines is 1. The van der Waals surface area contributed by atoms with Gasteiger partial charge in [-0.3, -0.25) is 9.59 Å². The van der Waals surface area contributed by atoms with Crippen molar-refractivity contribution < 1.29 is 9.59 Å². The maximum Gasteiger partial charge on any atom is 0.253 e. The molecule has 0 unspecified atom stereocenters. The summed E-state index contributed by atoms with van der Waals surface area (Å²) in [6.45, 7) is 11.0. The van der Waals surface area contributed by atoms with Crippen molar-refractivity contribution in [2.75, 3.05) is 18.4 Å². The highest BCUT2D eigenvalue weighted by atomic mass is 16.2. The van der Waals surface area contributed by atoms with Gasteiger partial charge < -0.3 is 15.5 Å². The van der Waals surface area contributed by atoms with Crippen LogP contribution in [0.25, 0.3) is 0 Å². The van der Waals surface area contributed by atoms with Gasteiger partial charge in [0.05, 0.1) is 0 Å². The van der Waals surface area contributed by atoms with Crippen LogP contribution in [-0.4, -0.2) is 41.9 Å². The molecule has 0 aromatic heterocycles. The van der Waals surface area contributed by atoms with E-state index < -0.39 is 0 Å². The molecule has 1 aromatic rings. The lowest BCUT2D eigenvalue weighted by Crippen LogP contribution is -2.40. The molecule has 1 rings (SSSR count). The lowest BCUT2D eigenvalue weighted by Gasteiger charge is -2.19. The van der Waals surface area contributed by atoms with Gasteiger partial charge in [-0.25, -0.2) is 0 Å². The standard InChI is InChI=1S/C17H27N3O2/c1-6-20(7-2)17(22)14-8-10-15(11-9-14)19-13(5)16(21)18-12(3)4/h8-13,19H,6-7H2,1-5H3,(H,18,21)/t13-/m0/s1. The van der Waals surface area contributed by atoms with E-state index in [0.29, 0.717) is 18.7 Å². The Morgan fingerprint density at radius 1 is 1.05 bits per heavy atom. The second-order valence-corrected chi connectivity index (χ2v) is 5.58. The van der Waals surface area contributed by atoms with Crippen molar-refractivity contribution in [3.8, 4) is 0 Å². The predicted octanol–water partition coefficient (Wildman–Crippen LogP) is 2.49. The van der Waals surface area contributed by atoms with Gasteiger partial charge in [0.15, 0.2) is 0 Å². The van der Waals surface area contributed by atoms with Gasteiger partial charge in [-0.2, -0.15) is 0 Å². The third kappa shape index (κ3) is 5.06. The second-order valence-electron chi connectivity index (χ2n) is 5.58. The summed E-state index contributed by atoms with van der Waals surface area (Å²) in [6, 6.07) is 7.02. The minimum Gasteiger partial charge on any atom is -0.374 e. The zero-order valence-corrected chi connectivity index (χ0v) is 14.1. The number of benzene rings is 1. The maximum absolute atomic E-state index is 12.2. The van der Waals surface area contributed by atoms with Gasteiger partial charge in [-0.15, -0.1) is 0 Å². The van der Waals surface area contributed by atoms with Crippen molar-refractivity contribution in [2.45, 2.75) is 46.7 Å². The molecule has 2 amide bonds. The van der Waals surface area contributed by atoms with Crippen LogP contribution in [-0.2, 0) is 4.79 Å². The number of nitrogens with zero attached hydrogens (tertiary/aromatic N) is 1. The van der Waals surface area contributed by atoms with Crippen LogP contribution in [0, 0.1) is 0 Å². The van der Waals surface area contributed by atoms with Gasteiger partial charge in [-0.05, 0) is 58.9 Å². The van der Waals surface area contributed by atoms with Gasteiger partial charge in [0.2, 0.25) is 5.91 Å². The molecule has 0 spiro atoms. The summed E-state index contributed by atoms with van der Waals surface area (Å²) in [6.07, 6.45) is 0. The van der Waals surface area contributed by atoms with Crippen LogP contribution in [0.15, 0.2) is 24.3 Å². The van der Waals surface area contributed by atoms with E-state index in [2.05, 4.69) is 10.6 Å². The number of hydrogen-bond donors (Lipinski definition) is 2. The SMILES string of the molecule is CCN(CC)C(=O)c1ccc(N[C@@H](C)C(=O)NC(C)C)cc1. The molecule has 122 valence electrons. The zero-order valence-electron chi connectivity index (χ0n) is 14.1. The fraction of sp³-hybridized carbons (Fsp3) is 0.529. The zero-order chi connectivity index (χ0) is 16.7. The molecule has 0 saturated heterocycles. The summed E-state index contributed by atoms with van der Waals surface area (Å²) in [4.78, 5) is 25.9. The Labute approximate surface area is 133 Å². The van der Waals surface area contributed by atoms with Crippen LogP contribution >= 0.6 is 0 Å². The topological polar surface area (TPSA) is 61.4 Å². The van der Waals surface area contributed by atoms with Gasteiger partial charge in [0.25, 0.3) is 5.91 Å². The Hall–Kier alpha value is -2.04. The molecule has 0 fully saturated rings. The molecule has 0 aliphatic rings. The highest BCUT2D eigenvalue weighted by Gasteiger charge is 2.15. The number of hydrogen-bond acceptors (Lipinski definition) is 3. The van der Waals surface area contributed by atoms with Gasteiger partial charge >= 0.3 is 0 Å². The number of rotatable bonds is 7. The fourth-order valence-corrected chi connectivity index (χ4v) is 2.13. The second kappa shape index (κ2) is 8.41. The van der Waals surface area contributed by atoms with E-state index in [-0.39, 0.29) is 23.9 Å². The summed E-state index contributed by atoms with van der Waals surface area (Å²) >= 11 is 0. The molecular weight excluding hydrogens is 278 g/mol. The van der Waals surface area contributed by atoms with Gasteiger partial charge in [0, 0.05) is 30.4 Å². The van der Waals surface area contributed by atoms with Crippen LogP contribution in [0.5, 0.6) is 0 Å². The first-order chi connectivity index (χ1) is 10.4. The molecule has 1 aromatic carbocycles. The van der Waals surface area contributed by atoms with Crippen molar-refractivity contribution in [1.29, 1.82) is 0 Å². The Morgan fingerprint density at radius 3 is 2.05 bits per heavy atom. The molecule has 0 aliphatic heterocycles. The molecular formula is C17H27N3O2. The van der Waals surface area contributed by atoms with Crippen molar-refractivity contribution in [3.63, 3.8) is 0 Å². The van der Waals surface area contributed by atoms with Crippen LogP contribution in [0.2, 0.25) is 0 Å². The van der Waals surface area contributed by atoms with Crippen LogP contribution in [0.1, 0.15) is 45.0 Å². The fourth-order valence-electron chi connectivity index (χ4n) is 2.13. The molecule has 22 heavy (non-hydrogen) atoms. The molecule has 1 atom stereocenters. The third-order valence-corrected chi connectivity index (χ3v) is 3.39. The molecule has 0 aliphatic carbocycles. The lowest BCUT2D eigenvalue weighted by atomic mass is 10.1. The monoisotopic (exact) mass is 305 g/mol. The molecule has 0 radical (unpaired) electrons. The van der Waals surface area contributed by atoms with Crippen molar-refractivity contribution in [2.24, 2.45) is 0 Å². The van der Waals surface area contributed by atoms with Crippen molar-refractivity contribution >= 4 is 17.5 Å². The summed E-state index contributed by atoms with van der Waals surface area (Å²) in [5, 5.41) is 5.99. The summed E-state index contributed by atoms with van der Waals surface area (Å²) < 4.78 is 0. The van der Waals surface area contributed by atoms with Gasteiger partial charge in [0.1, 0.15) is 6.04 Å². The van der Waals surface area contributed by atoms with Crippen LogP contribution < -0.4 is 10.6 Å². The van der Waals surface area contributed by atoms with E-state index in [0.717, 1.165) is 5.69 Å². The van der Waals surface area contributed by atoms with Crippen molar-refractivity contribution in [1.82, 2.24) is 10.2 Å². The average molecular weight is 305 g/mol. The highest BCUT2D eigenvalue weighted by molar-refractivity contribution is 5.94. The van der Waals surface area contributed by atoms with E-state index in [4.69, 9.17) is 0 Å². The van der Waals surface area contributed by atoms with Gasteiger partial charge in [-0.1, -0.05) is 0 Å². The van der Waals surface area contributed by atoms with E-state index >= 15 is 0 Å². The molecule has 5 heteroatoms. The first-order valence-electron chi connectivity index (χ1n) is 7.85. The lowest BCUT2D eigenvalue weighted by molar-refractivity contribution is -0.122. The number of nitrogens with one attached hydrogen (secondary N) is 2. The molecule has 5 nitrogen and oxygen atoms in total. The smallest absolute Gasteiger partial charge is 0.253 e. The Kier molecular flexibility index (Phi) is 6.89. The molecule has 0 heterocycles. The number of carbonyl (C=O) groups is 2. The highest BCUT2D eigenvalue weighted by Crippen LogP contribution is 2.13. The normalized spacial score (nSPS) is 11.9. The van der Waals surface area contributed by atoms with Crippen LogP contribution in [0.3, 0.4) is 0 Å². The van der Waals surface area contributed by atoms with E-state index in [9.17, 15) is 9.59 Å². The molecule has 2 N–H and O–H groups in total. The average Bonchev–Trinajstić information content (AvgIpc) is 2.48. The Bertz CT molecular complexity index is 493. The van der Waals surface area contributed by atoms with Crippen molar-refractivity contribution in [3.05, 3.63) is 29.8 Å². The Morgan fingerprint density at radius 2 is 1.59 bits per heavy atom. The maximum atomic E-state index is 12.2. The first kappa shape index (κ1) is 18.0. The first-order valence-corrected chi connectivity index (χ1v) is 7.85. The third-order valence-electron chi connectivity index (χ3n) is 3.39. The summed E-state index contributed by atoms with van der Waals surface area (Å²) in [5.41, 5.74) is 1.48. The summed E-state index contributed by atoms with van der Waals surface area (Å²) in [7, 11) is 0. The largest absolute Gasteiger partial charge is 0.374 e. The van der Waals surface area contributed by atoms with Crippen LogP contribution in [0.4, 0.5) is 5.69 Å². The quantitative estimate of drug-likeness (QED) is 0.813. The number of amides is 2. The molecule has 0 saturated carbocycles. The van der Waals surface area contributed by atoms with E-state index in [1.54, 1.807) is 17.0 Å². The van der Waals surface area contributed by atoms with E-state index in [1.807, 2.05) is 46.8 Å². The van der Waals surface area contributed by atoms with E-state index in [1.165, 1.54) is 0 Å². The minimum atomic E-state index is -0.327. The molecule has 0 bridgehead atoms. The Balaban J connectivity index is 2.69. The summed E-state index contributed by atoms with van der Waals surface area (Å²) in [5.74, 6) is -0.0135.